The Bertz CT molecular complexity index is 610. The summed E-state index contributed by atoms with van der Waals surface area (Å²) in [6.07, 6.45) is 4.30. The SMILES string of the molecule is Cc1cc(C)n(C[C@@H]2CCCCN2CCCS(=O)(=O)N(C)C)n1. The molecule has 0 spiro atoms. The van der Waals surface area contributed by atoms with Crippen molar-refractivity contribution in [3.05, 3.63) is 17.5 Å². The van der Waals surface area contributed by atoms with Gasteiger partial charge < -0.3 is 0 Å². The fraction of sp³-hybridized carbons (Fsp3) is 0.812. The van der Waals surface area contributed by atoms with Crippen LogP contribution in [0, 0.1) is 13.8 Å². The summed E-state index contributed by atoms with van der Waals surface area (Å²) in [6, 6.07) is 2.57. The molecule has 6 nitrogen and oxygen atoms in total. The Morgan fingerprint density at radius 3 is 2.65 bits per heavy atom. The van der Waals surface area contributed by atoms with Crippen LogP contribution >= 0.6 is 0 Å². The summed E-state index contributed by atoms with van der Waals surface area (Å²) in [4.78, 5) is 2.45. The first-order valence-corrected chi connectivity index (χ1v) is 10.1. The number of aromatic nitrogens is 2. The number of sulfonamides is 1. The van der Waals surface area contributed by atoms with Crippen molar-refractivity contribution >= 4 is 10.0 Å². The number of rotatable bonds is 7. The average molecular weight is 343 g/mol. The van der Waals surface area contributed by atoms with Crippen molar-refractivity contribution in [2.75, 3.05) is 32.9 Å². The van der Waals surface area contributed by atoms with Crippen LogP contribution in [0.2, 0.25) is 0 Å². The zero-order chi connectivity index (χ0) is 17.0. The minimum absolute atomic E-state index is 0.225. The Labute approximate surface area is 140 Å². The molecule has 1 aliphatic heterocycles. The third-order valence-corrected chi connectivity index (χ3v) is 6.56. The van der Waals surface area contributed by atoms with Gasteiger partial charge in [0.05, 0.1) is 18.0 Å². The van der Waals surface area contributed by atoms with Gasteiger partial charge in [0, 0.05) is 25.8 Å². The maximum absolute atomic E-state index is 11.9. The minimum Gasteiger partial charge on any atom is -0.299 e. The predicted molar refractivity (Wildman–Crippen MR) is 93.0 cm³/mol. The molecule has 2 rings (SSSR count). The predicted octanol–water partition coefficient (Wildman–Crippen LogP) is 1.64. The number of aryl methyl sites for hydroxylation is 2. The average Bonchev–Trinajstić information content (AvgIpc) is 2.78. The fourth-order valence-corrected chi connectivity index (χ4v) is 4.11. The van der Waals surface area contributed by atoms with Crippen molar-refractivity contribution in [3.8, 4) is 0 Å². The highest BCUT2D eigenvalue weighted by Crippen LogP contribution is 2.19. The molecular formula is C16H30N4O2S. The molecule has 1 fully saturated rings. The van der Waals surface area contributed by atoms with E-state index in [0.717, 1.165) is 25.3 Å². The van der Waals surface area contributed by atoms with Crippen molar-refractivity contribution in [2.45, 2.75) is 52.1 Å². The number of nitrogens with zero attached hydrogens (tertiary/aromatic N) is 4. The van der Waals surface area contributed by atoms with E-state index in [0.29, 0.717) is 12.5 Å². The molecule has 0 amide bonds. The molecule has 0 bridgehead atoms. The summed E-state index contributed by atoms with van der Waals surface area (Å²) in [6.45, 7) is 6.92. The topological polar surface area (TPSA) is 58.4 Å². The maximum atomic E-state index is 11.9. The zero-order valence-electron chi connectivity index (χ0n) is 14.8. The summed E-state index contributed by atoms with van der Waals surface area (Å²) >= 11 is 0. The number of likely N-dealkylation sites (tertiary alicyclic amines) is 1. The molecule has 0 N–H and O–H groups in total. The lowest BCUT2D eigenvalue weighted by molar-refractivity contribution is 0.129. The molecule has 132 valence electrons. The van der Waals surface area contributed by atoms with E-state index >= 15 is 0 Å². The van der Waals surface area contributed by atoms with E-state index in [-0.39, 0.29) is 5.75 Å². The van der Waals surface area contributed by atoms with Crippen molar-refractivity contribution in [3.63, 3.8) is 0 Å². The summed E-state index contributed by atoms with van der Waals surface area (Å²) in [7, 11) is 0.108. The standard InChI is InChI=1S/C16H30N4O2S/c1-14-12-15(2)20(17-14)13-16-8-5-6-9-19(16)10-7-11-23(21,22)18(3)4/h12,16H,5-11,13H2,1-4H3/t16-/m0/s1. The second-order valence-corrected chi connectivity index (χ2v) is 9.05. The molecule has 1 atom stereocenters. The van der Waals surface area contributed by atoms with Gasteiger partial charge in [-0.05, 0) is 52.3 Å². The van der Waals surface area contributed by atoms with Crippen LogP contribution in [0.4, 0.5) is 0 Å². The first-order valence-electron chi connectivity index (χ1n) is 8.45. The molecular weight excluding hydrogens is 312 g/mol. The molecule has 0 aliphatic carbocycles. The Hall–Kier alpha value is -0.920. The van der Waals surface area contributed by atoms with Crippen LogP contribution in [-0.4, -0.2) is 66.4 Å². The lowest BCUT2D eigenvalue weighted by Gasteiger charge is -2.36. The van der Waals surface area contributed by atoms with Gasteiger partial charge in [0.2, 0.25) is 10.0 Å². The summed E-state index contributed by atoms with van der Waals surface area (Å²) < 4.78 is 27.2. The first-order chi connectivity index (χ1) is 10.8. The summed E-state index contributed by atoms with van der Waals surface area (Å²) in [5, 5.41) is 4.57. The van der Waals surface area contributed by atoms with Crippen LogP contribution in [0.25, 0.3) is 0 Å². The molecule has 0 saturated carbocycles. The Kier molecular flexibility index (Phi) is 6.22. The maximum Gasteiger partial charge on any atom is 0.213 e. The van der Waals surface area contributed by atoms with Gasteiger partial charge in [0.1, 0.15) is 0 Å². The normalized spacial score (nSPS) is 20.3. The van der Waals surface area contributed by atoms with Gasteiger partial charge in [-0.25, -0.2) is 12.7 Å². The van der Waals surface area contributed by atoms with Gasteiger partial charge in [-0.15, -0.1) is 0 Å². The third-order valence-electron chi connectivity index (χ3n) is 4.64. The fourth-order valence-electron chi connectivity index (χ4n) is 3.25. The van der Waals surface area contributed by atoms with Gasteiger partial charge in [-0.3, -0.25) is 9.58 Å². The Morgan fingerprint density at radius 1 is 1.30 bits per heavy atom. The zero-order valence-corrected chi connectivity index (χ0v) is 15.6. The smallest absolute Gasteiger partial charge is 0.213 e. The summed E-state index contributed by atoms with van der Waals surface area (Å²) in [5.41, 5.74) is 2.25. The van der Waals surface area contributed by atoms with E-state index in [1.54, 1.807) is 14.1 Å². The highest BCUT2D eigenvalue weighted by atomic mass is 32.2. The molecule has 23 heavy (non-hydrogen) atoms. The molecule has 2 heterocycles. The van der Waals surface area contributed by atoms with E-state index in [1.807, 2.05) is 6.92 Å². The van der Waals surface area contributed by atoms with Crippen molar-refractivity contribution < 1.29 is 8.42 Å². The number of hydrogen-bond donors (Lipinski definition) is 0. The molecule has 7 heteroatoms. The van der Waals surface area contributed by atoms with Gasteiger partial charge >= 0.3 is 0 Å². The van der Waals surface area contributed by atoms with Gasteiger partial charge in [0.15, 0.2) is 0 Å². The molecule has 1 aromatic rings. The van der Waals surface area contributed by atoms with E-state index < -0.39 is 10.0 Å². The van der Waals surface area contributed by atoms with Gasteiger partial charge in [-0.1, -0.05) is 6.42 Å². The Balaban J connectivity index is 1.92. The van der Waals surface area contributed by atoms with E-state index in [4.69, 9.17) is 0 Å². The lowest BCUT2D eigenvalue weighted by Crippen LogP contribution is -2.43. The van der Waals surface area contributed by atoms with Crippen LogP contribution < -0.4 is 0 Å². The van der Waals surface area contributed by atoms with Crippen LogP contribution in [0.3, 0.4) is 0 Å². The third kappa shape index (κ3) is 5.02. The first kappa shape index (κ1) is 18.4. The van der Waals surface area contributed by atoms with Crippen LogP contribution in [0.1, 0.15) is 37.1 Å². The molecule has 0 unspecified atom stereocenters. The van der Waals surface area contributed by atoms with Crippen molar-refractivity contribution in [1.29, 1.82) is 0 Å². The number of hydrogen-bond acceptors (Lipinski definition) is 4. The van der Waals surface area contributed by atoms with E-state index in [1.165, 1.54) is 29.3 Å². The van der Waals surface area contributed by atoms with Crippen LogP contribution in [0.15, 0.2) is 6.07 Å². The lowest BCUT2D eigenvalue weighted by atomic mass is 10.0. The molecule has 1 aromatic heterocycles. The van der Waals surface area contributed by atoms with E-state index in [9.17, 15) is 8.42 Å². The quantitative estimate of drug-likeness (QED) is 0.756. The molecule has 0 radical (unpaired) electrons. The second kappa shape index (κ2) is 7.77. The van der Waals surface area contributed by atoms with Crippen molar-refractivity contribution in [2.24, 2.45) is 0 Å². The summed E-state index contributed by atoms with van der Waals surface area (Å²) in [5.74, 6) is 0.225. The Morgan fingerprint density at radius 2 is 2.04 bits per heavy atom. The van der Waals surface area contributed by atoms with Crippen LogP contribution in [-0.2, 0) is 16.6 Å². The number of piperidine rings is 1. The highest BCUT2D eigenvalue weighted by Gasteiger charge is 2.24. The van der Waals surface area contributed by atoms with Crippen molar-refractivity contribution in [1.82, 2.24) is 19.0 Å². The van der Waals surface area contributed by atoms with Gasteiger partial charge in [-0.2, -0.15) is 5.10 Å². The molecule has 1 saturated heterocycles. The molecule has 1 aliphatic rings. The van der Waals surface area contributed by atoms with Gasteiger partial charge in [0.25, 0.3) is 0 Å². The minimum atomic E-state index is -3.09. The van der Waals surface area contributed by atoms with Crippen LogP contribution in [0.5, 0.6) is 0 Å². The largest absolute Gasteiger partial charge is 0.299 e. The molecule has 0 aromatic carbocycles. The highest BCUT2D eigenvalue weighted by molar-refractivity contribution is 7.89. The second-order valence-electron chi connectivity index (χ2n) is 6.75. The van der Waals surface area contributed by atoms with E-state index in [2.05, 4.69) is 27.7 Å². The monoisotopic (exact) mass is 342 g/mol.